The maximum absolute atomic E-state index is 11.8. The number of ketones is 1. The Hall–Kier alpha value is -0.900. The van der Waals surface area contributed by atoms with Gasteiger partial charge in [-0.3, -0.25) is 9.59 Å². The van der Waals surface area contributed by atoms with E-state index in [2.05, 4.69) is 5.32 Å². The number of rotatable bonds is 8. The summed E-state index contributed by atoms with van der Waals surface area (Å²) in [5.41, 5.74) is 0. The molecular formula is C15H27NO3. The first-order valence-corrected chi connectivity index (χ1v) is 7.49. The fraction of sp³-hybridized carbons (Fsp3) is 0.867. The Morgan fingerprint density at radius 3 is 2.47 bits per heavy atom. The van der Waals surface area contributed by atoms with Crippen LogP contribution < -0.4 is 5.32 Å². The van der Waals surface area contributed by atoms with Crippen molar-refractivity contribution in [3.8, 4) is 0 Å². The number of hydrogen-bond acceptors (Lipinski definition) is 3. The molecule has 0 atom stereocenters. The lowest BCUT2D eigenvalue weighted by Gasteiger charge is -2.20. The molecule has 1 aliphatic rings. The molecule has 1 fully saturated rings. The minimum atomic E-state index is 0.0783. The molecule has 0 unspecified atom stereocenters. The first kappa shape index (κ1) is 16.2. The molecule has 0 aliphatic heterocycles. The predicted octanol–water partition coefficient (Wildman–Crippen LogP) is 2.31. The number of carbonyl (C=O) groups excluding carboxylic acids is 2. The quantitative estimate of drug-likeness (QED) is 0.688. The Kier molecular flexibility index (Phi) is 7.72. The molecule has 4 heteroatoms. The van der Waals surface area contributed by atoms with Crippen LogP contribution in [0.3, 0.4) is 0 Å². The average molecular weight is 269 g/mol. The number of amides is 1. The van der Waals surface area contributed by atoms with E-state index in [0.29, 0.717) is 26.2 Å². The highest BCUT2D eigenvalue weighted by molar-refractivity contribution is 5.80. The molecule has 0 radical (unpaired) electrons. The minimum absolute atomic E-state index is 0.0783. The third-order valence-corrected chi connectivity index (χ3v) is 3.66. The van der Waals surface area contributed by atoms with Crippen molar-refractivity contribution in [1.82, 2.24) is 5.32 Å². The maximum atomic E-state index is 11.8. The summed E-state index contributed by atoms with van der Waals surface area (Å²) >= 11 is 0. The number of hydrogen-bond donors (Lipinski definition) is 1. The summed E-state index contributed by atoms with van der Waals surface area (Å²) in [4.78, 5) is 23.1. The summed E-state index contributed by atoms with van der Waals surface area (Å²) in [5.74, 6) is 0.679. The van der Waals surface area contributed by atoms with Gasteiger partial charge in [0.2, 0.25) is 5.91 Å². The van der Waals surface area contributed by atoms with Crippen LogP contribution in [0.15, 0.2) is 0 Å². The van der Waals surface area contributed by atoms with E-state index in [9.17, 15) is 9.59 Å². The molecule has 1 saturated carbocycles. The Morgan fingerprint density at radius 1 is 1.16 bits per heavy atom. The van der Waals surface area contributed by atoms with Gasteiger partial charge in [0.25, 0.3) is 0 Å². The second kappa shape index (κ2) is 9.08. The Labute approximate surface area is 116 Å². The fourth-order valence-electron chi connectivity index (χ4n) is 2.32. The van der Waals surface area contributed by atoms with E-state index in [1.54, 1.807) is 0 Å². The zero-order chi connectivity index (χ0) is 14.1. The number of carbonyl (C=O) groups is 2. The van der Waals surface area contributed by atoms with Crippen LogP contribution in [0.5, 0.6) is 0 Å². The molecule has 1 amide bonds. The lowest BCUT2D eigenvalue weighted by atomic mass is 9.89. The van der Waals surface area contributed by atoms with Crippen molar-refractivity contribution in [2.75, 3.05) is 19.8 Å². The molecule has 0 aromatic heterocycles. The molecule has 1 N–H and O–H groups in total. The van der Waals surface area contributed by atoms with Crippen molar-refractivity contribution in [2.24, 2.45) is 11.8 Å². The van der Waals surface area contributed by atoms with Crippen molar-refractivity contribution in [3.63, 3.8) is 0 Å². The fourth-order valence-corrected chi connectivity index (χ4v) is 2.32. The topological polar surface area (TPSA) is 55.4 Å². The molecule has 0 heterocycles. The lowest BCUT2D eigenvalue weighted by molar-refractivity contribution is -0.126. The third-order valence-electron chi connectivity index (χ3n) is 3.66. The van der Waals surface area contributed by atoms with Gasteiger partial charge in [-0.25, -0.2) is 0 Å². The Balaban J connectivity index is 1.98. The number of ether oxygens (including phenoxy) is 1. The molecule has 0 spiro atoms. The summed E-state index contributed by atoms with van der Waals surface area (Å²) in [6.07, 6.45) is 6.12. The minimum Gasteiger partial charge on any atom is -0.379 e. The van der Waals surface area contributed by atoms with Crippen molar-refractivity contribution in [2.45, 2.75) is 52.4 Å². The van der Waals surface area contributed by atoms with E-state index < -0.39 is 0 Å². The van der Waals surface area contributed by atoms with Gasteiger partial charge in [0.05, 0.1) is 13.2 Å². The van der Waals surface area contributed by atoms with Gasteiger partial charge in [-0.15, -0.1) is 0 Å². The molecule has 1 aliphatic carbocycles. The van der Waals surface area contributed by atoms with E-state index in [1.807, 2.05) is 13.8 Å². The van der Waals surface area contributed by atoms with Crippen molar-refractivity contribution in [3.05, 3.63) is 0 Å². The number of nitrogens with one attached hydrogen (secondary N) is 1. The summed E-state index contributed by atoms with van der Waals surface area (Å²) < 4.78 is 5.36. The van der Waals surface area contributed by atoms with Gasteiger partial charge < -0.3 is 10.1 Å². The molecule has 4 nitrogen and oxygen atoms in total. The summed E-state index contributed by atoms with van der Waals surface area (Å²) in [7, 11) is 0. The summed E-state index contributed by atoms with van der Waals surface area (Å²) in [6, 6.07) is 0. The maximum Gasteiger partial charge on any atom is 0.223 e. The van der Waals surface area contributed by atoms with E-state index in [-0.39, 0.29) is 23.5 Å². The second-order valence-corrected chi connectivity index (χ2v) is 5.61. The van der Waals surface area contributed by atoms with Crippen LogP contribution in [-0.4, -0.2) is 31.4 Å². The van der Waals surface area contributed by atoms with Gasteiger partial charge in [0.1, 0.15) is 5.78 Å². The summed E-state index contributed by atoms with van der Waals surface area (Å²) in [6.45, 7) is 5.28. The van der Waals surface area contributed by atoms with E-state index in [0.717, 1.165) is 12.8 Å². The van der Waals surface area contributed by atoms with E-state index in [1.165, 1.54) is 19.3 Å². The highest BCUT2D eigenvalue weighted by atomic mass is 16.5. The first-order chi connectivity index (χ1) is 9.11. The van der Waals surface area contributed by atoms with Crippen molar-refractivity contribution in [1.29, 1.82) is 0 Å². The van der Waals surface area contributed by atoms with Crippen molar-refractivity contribution < 1.29 is 14.3 Å². The largest absolute Gasteiger partial charge is 0.379 e. The molecule has 0 bridgehead atoms. The zero-order valence-electron chi connectivity index (χ0n) is 12.2. The van der Waals surface area contributed by atoms with Crippen molar-refractivity contribution >= 4 is 11.7 Å². The molecular weight excluding hydrogens is 242 g/mol. The van der Waals surface area contributed by atoms with Gasteiger partial charge in [0, 0.05) is 24.8 Å². The molecule has 0 saturated heterocycles. The first-order valence-electron chi connectivity index (χ1n) is 7.49. The summed E-state index contributed by atoms with van der Waals surface area (Å²) in [5, 5.41) is 2.91. The van der Waals surface area contributed by atoms with Crippen LogP contribution >= 0.6 is 0 Å². The Morgan fingerprint density at radius 2 is 1.84 bits per heavy atom. The molecule has 0 aromatic carbocycles. The zero-order valence-corrected chi connectivity index (χ0v) is 12.2. The predicted molar refractivity (Wildman–Crippen MR) is 74.9 cm³/mol. The van der Waals surface area contributed by atoms with Gasteiger partial charge in [-0.2, -0.15) is 0 Å². The Bertz CT molecular complexity index is 283. The van der Waals surface area contributed by atoms with Crippen LogP contribution in [0.1, 0.15) is 52.4 Å². The van der Waals surface area contributed by atoms with Gasteiger partial charge >= 0.3 is 0 Å². The standard InChI is InChI=1S/C15H27NO3/c1-12(2)14(17)8-10-19-11-9-16-15(18)13-6-4-3-5-7-13/h12-13H,3-11H2,1-2H3,(H,16,18). The highest BCUT2D eigenvalue weighted by Gasteiger charge is 2.20. The molecule has 19 heavy (non-hydrogen) atoms. The SMILES string of the molecule is CC(C)C(=O)CCOCCNC(=O)C1CCCCC1. The molecule has 1 rings (SSSR count). The van der Waals surface area contributed by atoms with Crippen LogP contribution in [0.25, 0.3) is 0 Å². The van der Waals surface area contributed by atoms with E-state index in [4.69, 9.17) is 4.74 Å². The van der Waals surface area contributed by atoms with Crippen LogP contribution in [0.4, 0.5) is 0 Å². The lowest BCUT2D eigenvalue weighted by Crippen LogP contribution is -2.34. The van der Waals surface area contributed by atoms with Crippen LogP contribution in [-0.2, 0) is 14.3 Å². The monoisotopic (exact) mass is 269 g/mol. The normalized spacial score (nSPS) is 16.6. The molecule has 0 aromatic rings. The smallest absolute Gasteiger partial charge is 0.223 e. The van der Waals surface area contributed by atoms with Gasteiger partial charge in [0.15, 0.2) is 0 Å². The highest BCUT2D eigenvalue weighted by Crippen LogP contribution is 2.23. The third kappa shape index (κ3) is 6.71. The average Bonchev–Trinajstić information content (AvgIpc) is 2.42. The van der Waals surface area contributed by atoms with Crippen LogP contribution in [0, 0.1) is 11.8 Å². The molecule has 110 valence electrons. The number of Topliss-reactive ketones (excluding diaryl/α,β-unsaturated/α-hetero) is 1. The van der Waals surface area contributed by atoms with Gasteiger partial charge in [-0.1, -0.05) is 33.1 Å². The van der Waals surface area contributed by atoms with Gasteiger partial charge in [-0.05, 0) is 12.8 Å². The van der Waals surface area contributed by atoms with E-state index >= 15 is 0 Å². The van der Waals surface area contributed by atoms with Crippen LogP contribution in [0.2, 0.25) is 0 Å². The second-order valence-electron chi connectivity index (χ2n) is 5.61.